The van der Waals surface area contributed by atoms with Crippen LogP contribution >= 0.6 is 0 Å². The second kappa shape index (κ2) is 4.63. The fourth-order valence-electron chi connectivity index (χ4n) is 2.86. The van der Waals surface area contributed by atoms with Crippen molar-refractivity contribution in [1.82, 2.24) is 9.88 Å². The van der Waals surface area contributed by atoms with Gasteiger partial charge in [-0.25, -0.2) is 4.98 Å². The maximum Gasteiger partial charge on any atom is 0.130 e. The largest absolute Gasteiger partial charge is 0.373 e. The second-order valence-electron chi connectivity index (χ2n) is 4.91. The molecule has 2 unspecified atom stereocenters. The van der Waals surface area contributed by atoms with E-state index in [4.69, 9.17) is 4.74 Å². The van der Waals surface area contributed by atoms with Gasteiger partial charge in [-0.3, -0.25) is 4.90 Å². The fourth-order valence-corrected chi connectivity index (χ4v) is 2.86. The molecule has 2 bridgehead atoms. The van der Waals surface area contributed by atoms with Gasteiger partial charge in [0.15, 0.2) is 0 Å². The van der Waals surface area contributed by atoms with Gasteiger partial charge < -0.3 is 10.1 Å². The lowest BCUT2D eigenvalue weighted by molar-refractivity contribution is -0.0410. The lowest BCUT2D eigenvalue weighted by Gasteiger charge is -2.32. The van der Waals surface area contributed by atoms with Crippen LogP contribution in [0.2, 0.25) is 0 Å². The highest BCUT2D eigenvalue weighted by Gasteiger charge is 2.33. The third kappa shape index (κ3) is 2.28. The Bertz CT molecular complexity index is 384. The van der Waals surface area contributed by atoms with Crippen molar-refractivity contribution in [3.05, 3.63) is 23.9 Å². The quantitative estimate of drug-likeness (QED) is 0.858. The number of hydrogen-bond donors (Lipinski definition) is 1. The molecule has 17 heavy (non-hydrogen) atoms. The molecule has 0 saturated carbocycles. The van der Waals surface area contributed by atoms with Gasteiger partial charge in [0.25, 0.3) is 0 Å². The molecule has 1 N–H and O–H groups in total. The molecule has 0 radical (unpaired) electrons. The first-order chi connectivity index (χ1) is 8.35. The number of anilines is 1. The highest BCUT2D eigenvalue weighted by atomic mass is 16.5. The summed E-state index contributed by atoms with van der Waals surface area (Å²) in [5.41, 5.74) is 1.27. The first kappa shape index (κ1) is 11.0. The zero-order valence-electron chi connectivity index (χ0n) is 10.2. The molecule has 1 aromatic heterocycles. The van der Waals surface area contributed by atoms with Crippen LogP contribution < -0.4 is 5.32 Å². The van der Waals surface area contributed by atoms with Gasteiger partial charge in [0.1, 0.15) is 5.82 Å². The van der Waals surface area contributed by atoms with Crippen LogP contribution in [0.15, 0.2) is 18.3 Å². The maximum absolute atomic E-state index is 5.85. The van der Waals surface area contributed by atoms with Crippen LogP contribution in [0.1, 0.15) is 18.4 Å². The molecule has 0 aliphatic carbocycles. The van der Waals surface area contributed by atoms with E-state index in [0.717, 1.165) is 25.5 Å². The van der Waals surface area contributed by atoms with Gasteiger partial charge in [0, 0.05) is 38.4 Å². The molecular formula is C13H19N3O. The van der Waals surface area contributed by atoms with Crippen molar-refractivity contribution in [2.75, 3.05) is 25.5 Å². The summed E-state index contributed by atoms with van der Waals surface area (Å²) < 4.78 is 5.85. The Morgan fingerprint density at radius 3 is 2.88 bits per heavy atom. The number of ether oxygens (including phenoxy) is 1. The predicted octanol–water partition coefficient (Wildman–Crippen LogP) is 1.49. The molecule has 3 rings (SSSR count). The Kier molecular flexibility index (Phi) is 2.99. The van der Waals surface area contributed by atoms with Crippen LogP contribution in [0.4, 0.5) is 5.82 Å². The van der Waals surface area contributed by atoms with Crippen molar-refractivity contribution >= 4 is 5.82 Å². The Labute approximate surface area is 102 Å². The summed E-state index contributed by atoms with van der Waals surface area (Å²) in [6.45, 7) is 3.10. The van der Waals surface area contributed by atoms with E-state index in [0.29, 0.717) is 12.2 Å². The monoisotopic (exact) mass is 233 g/mol. The topological polar surface area (TPSA) is 37.4 Å². The minimum atomic E-state index is 0.462. The third-order valence-corrected chi connectivity index (χ3v) is 3.64. The van der Waals surface area contributed by atoms with Crippen LogP contribution in [-0.4, -0.2) is 42.2 Å². The van der Waals surface area contributed by atoms with Crippen molar-refractivity contribution in [3.8, 4) is 0 Å². The number of morpholine rings is 1. The highest BCUT2D eigenvalue weighted by Crippen LogP contribution is 2.27. The molecule has 0 amide bonds. The highest BCUT2D eigenvalue weighted by molar-refractivity contribution is 5.42. The van der Waals surface area contributed by atoms with Crippen LogP contribution in [0.3, 0.4) is 0 Å². The molecule has 2 fully saturated rings. The predicted molar refractivity (Wildman–Crippen MR) is 67.0 cm³/mol. The lowest BCUT2D eigenvalue weighted by Crippen LogP contribution is -2.42. The molecule has 2 aliphatic heterocycles. The SMILES string of the molecule is CNc1ncccc1CN1CC2CCC(C1)O2. The molecule has 3 heterocycles. The number of hydrogen-bond acceptors (Lipinski definition) is 4. The van der Waals surface area contributed by atoms with Gasteiger partial charge in [0.05, 0.1) is 12.2 Å². The number of fused-ring (bicyclic) bond motifs is 2. The lowest BCUT2D eigenvalue weighted by atomic mass is 10.2. The molecule has 2 aliphatic rings. The van der Waals surface area contributed by atoms with Gasteiger partial charge >= 0.3 is 0 Å². The Balaban J connectivity index is 1.70. The van der Waals surface area contributed by atoms with E-state index < -0.39 is 0 Å². The van der Waals surface area contributed by atoms with Crippen molar-refractivity contribution in [2.24, 2.45) is 0 Å². The van der Waals surface area contributed by atoms with Crippen LogP contribution in [0.5, 0.6) is 0 Å². The van der Waals surface area contributed by atoms with E-state index in [2.05, 4.69) is 21.3 Å². The Morgan fingerprint density at radius 2 is 2.18 bits per heavy atom. The van der Waals surface area contributed by atoms with E-state index in [9.17, 15) is 0 Å². The van der Waals surface area contributed by atoms with E-state index in [1.165, 1.54) is 18.4 Å². The van der Waals surface area contributed by atoms with Gasteiger partial charge in [-0.15, -0.1) is 0 Å². The average molecular weight is 233 g/mol. The number of nitrogens with zero attached hydrogens (tertiary/aromatic N) is 2. The van der Waals surface area contributed by atoms with Gasteiger partial charge in [-0.05, 0) is 18.9 Å². The standard InChI is InChI=1S/C13H19N3O/c1-14-13-10(3-2-6-15-13)7-16-8-11-4-5-12(9-16)17-11/h2-3,6,11-12H,4-5,7-9H2,1H3,(H,14,15). The smallest absolute Gasteiger partial charge is 0.130 e. The molecule has 4 heteroatoms. The van der Waals surface area contributed by atoms with Gasteiger partial charge in [0.2, 0.25) is 0 Å². The van der Waals surface area contributed by atoms with Crippen molar-refractivity contribution in [1.29, 1.82) is 0 Å². The molecule has 4 nitrogen and oxygen atoms in total. The normalized spacial score (nSPS) is 28.3. The summed E-state index contributed by atoms with van der Waals surface area (Å²) >= 11 is 0. The van der Waals surface area contributed by atoms with Crippen molar-refractivity contribution < 1.29 is 4.74 Å². The van der Waals surface area contributed by atoms with Crippen molar-refractivity contribution in [3.63, 3.8) is 0 Å². The summed E-state index contributed by atoms with van der Waals surface area (Å²) in [7, 11) is 1.93. The Morgan fingerprint density at radius 1 is 1.41 bits per heavy atom. The summed E-state index contributed by atoms with van der Waals surface area (Å²) in [6.07, 6.45) is 5.21. The van der Waals surface area contributed by atoms with E-state index in [1.54, 1.807) is 0 Å². The zero-order chi connectivity index (χ0) is 11.7. The molecule has 92 valence electrons. The molecule has 0 aromatic carbocycles. The van der Waals surface area contributed by atoms with Crippen LogP contribution in [0.25, 0.3) is 0 Å². The first-order valence-electron chi connectivity index (χ1n) is 6.34. The first-order valence-corrected chi connectivity index (χ1v) is 6.34. The van der Waals surface area contributed by atoms with E-state index in [1.807, 2.05) is 19.3 Å². The molecule has 1 aromatic rings. The average Bonchev–Trinajstić information content (AvgIpc) is 2.69. The van der Waals surface area contributed by atoms with Crippen LogP contribution in [0, 0.1) is 0 Å². The summed E-state index contributed by atoms with van der Waals surface area (Å²) in [5.74, 6) is 0.992. The number of rotatable bonds is 3. The summed E-state index contributed by atoms with van der Waals surface area (Å²) in [5, 5.41) is 3.15. The fraction of sp³-hybridized carbons (Fsp3) is 0.615. The number of pyridine rings is 1. The van der Waals surface area contributed by atoms with Gasteiger partial charge in [-0.2, -0.15) is 0 Å². The summed E-state index contributed by atoms with van der Waals surface area (Å²) in [4.78, 5) is 6.84. The number of nitrogens with one attached hydrogen (secondary N) is 1. The molecule has 2 atom stereocenters. The van der Waals surface area contributed by atoms with E-state index >= 15 is 0 Å². The Hall–Kier alpha value is -1.13. The van der Waals surface area contributed by atoms with E-state index in [-0.39, 0.29) is 0 Å². The van der Waals surface area contributed by atoms with Crippen molar-refractivity contribution in [2.45, 2.75) is 31.6 Å². The third-order valence-electron chi connectivity index (χ3n) is 3.64. The minimum Gasteiger partial charge on any atom is -0.373 e. The molecule has 2 saturated heterocycles. The van der Waals surface area contributed by atoms with Crippen LogP contribution in [-0.2, 0) is 11.3 Å². The minimum absolute atomic E-state index is 0.462. The summed E-state index contributed by atoms with van der Waals surface area (Å²) in [6, 6.07) is 4.15. The number of aromatic nitrogens is 1. The second-order valence-corrected chi connectivity index (χ2v) is 4.91. The number of likely N-dealkylation sites (tertiary alicyclic amines) is 1. The molecular weight excluding hydrogens is 214 g/mol. The zero-order valence-corrected chi connectivity index (χ0v) is 10.2. The molecule has 0 spiro atoms. The maximum atomic E-state index is 5.85. The van der Waals surface area contributed by atoms with Gasteiger partial charge in [-0.1, -0.05) is 6.07 Å².